The molecule has 0 heterocycles. The number of ketones is 1. The van der Waals surface area contributed by atoms with Crippen LogP contribution in [0, 0.1) is 17.3 Å². The first-order chi connectivity index (χ1) is 7.55. The summed E-state index contributed by atoms with van der Waals surface area (Å²) in [6.07, 6.45) is 3.37. The van der Waals surface area contributed by atoms with Crippen molar-refractivity contribution < 1.29 is 14.3 Å². The molecule has 0 aromatic heterocycles. The van der Waals surface area contributed by atoms with E-state index in [1.807, 2.05) is 40.7 Å². The lowest BCUT2D eigenvalue weighted by atomic mass is 10.1. The fraction of sp³-hybridized carbons (Fsp3) is 0.714. The van der Waals surface area contributed by atoms with Gasteiger partial charge in [0.1, 0.15) is 5.60 Å². The Morgan fingerprint density at radius 3 is 2.18 bits per heavy atom. The summed E-state index contributed by atoms with van der Waals surface area (Å²) in [6.45, 7) is 11.1. The Hall–Kier alpha value is -1.12. The minimum atomic E-state index is -0.454. The molecule has 0 spiro atoms. The van der Waals surface area contributed by atoms with Crippen LogP contribution < -0.4 is 0 Å². The molecule has 1 aliphatic rings. The lowest BCUT2D eigenvalue weighted by molar-refractivity contribution is -0.157. The van der Waals surface area contributed by atoms with E-state index in [4.69, 9.17) is 4.74 Å². The molecule has 3 nitrogen and oxygen atoms in total. The second kappa shape index (κ2) is 4.28. The van der Waals surface area contributed by atoms with Crippen LogP contribution in [0.5, 0.6) is 0 Å². The third-order valence-corrected chi connectivity index (χ3v) is 3.11. The molecule has 2 atom stereocenters. The van der Waals surface area contributed by atoms with Crippen molar-refractivity contribution in [3.8, 4) is 0 Å². The van der Waals surface area contributed by atoms with Gasteiger partial charge in [-0.2, -0.15) is 0 Å². The lowest BCUT2D eigenvalue weighted by Crippen LogP contribution is -2.26. The van der Waals surface area contributed by atoms with Gasteiger partial charge in [-0.05, 0) is 45.1 Å². The first-order valence-corrected chi connectivity index (χ1v) is 5.97. The minimum Gasteiger partial charge on any atom is -0.460 e. The molecule has 0 bridgehead atoms. The van der Waals surface area contributed by atoms with Gasteiger partial charge in [0.05, 0.1) is 5.92 Å². The Morgan fingerprint density at radius 1 is 1.24 bits per heavy atom. The van der Waals surface area contributed by atoms with Crippen molar-refractivity contribution in [3.05, 3.63) is 12.2 Å². The molecule has 1 aliphatic carbocycles. The van der Waals surface area contributed by atoms with Gasteiger partial charge in [0, 0.05) is 0 Å². The van der Waals surface area contributed by atoms with E-state index in [-0.39, 0.29) is 29.0 Å². The number of esters is 1. The predicted molar refractivity (Wildman–Crippen MR) is 66.4 cm³/mol. The van der Waals surface area contributed by atoms with Crippen LogP contribution >= 0.6 is 0 Å². The molecular weight excluding hydrogens is 216 g/mol. The van der Waals surface area contributed by atoms with Crippen LogP contribution in [0.4, 0.5) is 0 Å². The second-order valence-corrected chi connectivity index (χ2v) is 6.33. The largest absolute Gasteiger partial charge is 0.460 e. The monoisotopic (exact) mass is 238 g/mol. The summed E-state index contributed by atoms with van der Waals surface area (Å²) in [6, 6.07) is 0. The Bertz CT molecular complexity index is 358. The molecule has 0 aliphatic heterocycles. The third-order valence-electron chi connectivity index (χ3n) is 3.11. The number of ether oxygens (including phenoxy) is 1. The van der Waals surface area contributed by atoms with Crippen molar-refractivity contribution in [2.24, 2.45) is 17.3 Å². The summed E-state index contributed by atoms with van der Waals surface area (Å²) >= 11 is 0. The highest BCUT2D eigenvalue weighted by atomic mass is 16.6. The molecule has 1 saturated carbocycles. The van der Waals surface area contributed by atoms with Crippen molar-refractivity contribution in [1.29, 1.82) is 0 Å². The first kappa shape index (κ1) is 13.9. The fourth-order valence-corrected chi connectivity index (χ4v) is 2.09. The van der Waals surface area contributed by atoms with E-state index in [1.165, 1.54) is 13.0 Å². The highest BCUT2D eigenvalue weighted by Crippen LogP contribution is 2.59. The normalized spacial score (nSPS) is 26.9. The summed E-state index contributed by atoms with van der Waals surface area (Å²) in [7, 11) is 0. The van der Waals surface area contributed by atoms with E-state index in [0.29, 0.717) is 0 Å². The van der Waals surface area contributed by atoms with Crippen molar-refractivity contribution in [1.82, 2.24) is 0 Å². The Labute approximate surface area is 103 Å². The summed E-state index contributed by atoms with van der Waals surface area (Å²) in [5, 5.41) is 0. The van der Waals surface area contributed by atoms with E-state index in [0.717, 1.165) is 0 Å². The predicted octanol–water partition coefficient (Wildman–Crippen LogP) is 2.75. The molecule has 0 radical (unpaired) electrons. The van der Waals surface area contributed by atoms with Gasteiger partial charge in [0.15, 0.2) is 5.78 Å². The van der Waals surface area contributed by atoms with Crippen LogP contribution in [-0.2, 0) is 14.3 Å². The molecule has 17 heavy (non-hydrogen) atoms. The van der Waals surface area contributed by atoms with Gasteiger partial charge in [-0.3, -0.25) is 9.59 Å². The van der Waals surface area contributed by atoms with Gasteiger partial charge in [0.2, 0.25) is 0 Å². The van der Waals surface area contributed by atoms with E-state index in [1.54, 1.807) is 0 Å². The van der Waals surface area contributed by atoms with E-state index < -0.39 is 5.60 Å². The van der Waals surface area contributed by atoms with Crippen molar-refractivity contribution in [2.75, 3.05) is 0 Å². The maximum absolute atomic E-state index is 12.0. The van der Waals surface area contributed by atoms with Crippen LogP contribution in [0.1, 0.15) is 41.5 Å². The maximum atomic E-state index is 12.0. The standard InChI is InChI=1S/C14H22O3/c1-9(15)7-8-10-11(14(10,5)6)12(16)17-13(2,3)4/h7-8,10-11H,1-6H3/t10-,11+/m1/s1. The first-order valence-electron chi connectivity index (χ1n) is 5.97. The molecule has 0 N–H and O–H groups in total. The number of carbonyl (C=O) groups is 2. The molecule has 0 unspecified atom stereocenters. The molecule has 96 valence electrons. The number of hydrogen-bond donors (Lipinski definition) is 0. The van der Waals surface area contributed by atoms with Crippen molar-refractivity contribution in [3.63, 3.8) is 0 Å². The van der Waals surface area contributed by atoms with Crippen molar-refractivity contribution >= 4 is 11.8 Å². The lowest BCUT2D eigenvalue weighted by Gasteiger charge is -2.19. The second-order valence-electron chi connectivity index (χ2n) is 6.33. The average molecular weight is 238 g/mol. The van der Waals surface area contributed by atoms with E-state index >= 15 is 0 Å². The number of hydrogen-bond acceptors (Lipinski definition) is 3. The quantitative estimate of drug-likeness (QED) is 0.561. The topological polar surface area (TPSA) is 43.4 Å². The van der Waals surface area contributed by atoms with E-state index in [9.17, 15) is 9.59 Å². The van der Waals surface area contributed by atoms with Gasteiger partial charge in [-0.15, -0.1) is 0 Å². The van der Waals surface area contributed by atoms with Crippen LogP contribution in [0.3, 0.4) is 0 Å². The molecule has 1 fully saturated rings. The van der Waals surface area contributed by atoms with Gasteiger partial charge in [0.25, 0.3) is 0 Å². The molecule has 3 heteroatoms. The van der Waals surface area contributed by atoms with Gasteiger partial charge in [-0.25, -0.2) is 0 Å². The van der Waals surface area contributed by atoms with Gasteiger partial charge < -0.3 is 4.74 Å². The summed E-state index contributed by atoms with van der Waals surface area (Å²) in [4.78, 5) is 22.8. The van der Waals surface area contributed by atoms with Crippen LogP contribution in [0.25, 0.3) is 0 Å². The summed E-state index contributed by atoms with van der Waals surface area (Å²) in [5.74, 6) is -0.171. The van der Waals surface area contributed by atoms with E-state index in [2.05, 4.69) is 0 Å². The van der Waals surface area contributed by atoms with Gasteiger partial charge in [-0.1, -0.05) is 19.9 Å². The highest BCUT2D eigenvalue weighted by molar-refractivity contribution is 5.87. The zero-order valence-corrected chi connectivity index (χ0v) is 11.5. The van der Waals surface area contributed by atoms with Crippen LogP contribution in [0.2, 0.25) is 0 Å². The summed E-state index contributed by atoms with van der Waals surface area (Å²) in [5.41, 5.74) is -0.557. The Balaban J connectivity index is 2.68. The molecule has 0 amide bonds. The number of carbonyl (C=O) groups excluding carboxylic acids is 2. The zero-order chi connectivity index (χ0) is 13.4. The molecule has 0 aromatic carbocycles. The molecular formula is C14H22O3. The Morgan fingerprint density at radius 2 is 1.76 bits per heavy atom. The SMILES string of the molecule is CC(=O)C=C[C@@H]1[C@@H](C(=O)OC(C)(C)C)C1(C)C. The van der Waals surface area contributed by atoms with Crippen LogP contribution in [-0.4, -0.2) is 17.4 Å². The number of allylic oxidation sites excluding steroid dienone is 2. The fourth-order valence-electron chi connectivity index (χ4n) is 2.09. The molecule has 1 rings (SSSR count). The number of rotatable bonds is 3. The molecule has 0 saturated heterocycles. The maximum Gasteiger partial charge on any atom is 0.310 e. The van der Waals surface area contributed by atoms with Crippen LogP contribution in [0.15, 0.2) is 12.2 Å². The highest BCUT2D eigenvalue weighted by Gasteiger charge is 2.61. The third kappa shape index (κ3) is 3.42. The zero-order valence-electron chi connectivity index (χ0n) is 11.5. The average Bonchev–Trinajstić information content (AvgIpc) is 2.61. The smallest absolute Gasteiger partial charge is 0.310 e. The van der Waals surface area contributed by atoms with Crippen molar-refractivity contribution in [2.45, 2.75) is 47.1 Å². The Kier molecular flexibility index (Phi) is 3.51. The summed E-state index contributed by atoms with van der Waals surface area (Å²) < 4.78 is 5.38. The van der Waals surface area contributed by atoms with Gasteiger partial charge >= 0.3 is 5.97 Å². The minimum absolute atomic E-state index is 0.00985. The molecule has 0 aromatic rings.